The van der Waals surface area contributed by atoms with Gasteiger partial charge in [-0.1, -0.05) is 6.07 Å². The first-order valence-corrected chi connectivity index (χ1v) is 10.3. The van der Waals surface area contributed by atoms with Crippen molar-refractivity contribution < 1.29 is 32.6 Å². The molecule has 0 radical (unpaired) electrons. The maximum Gasteiger partial charge on any atom is 0.490 e. The van der Waals surface area contributed by atoms with Gasteiger partial charge in [0, 0.05) is 48.1 Å². The Morgan fingerprint density at radius 1 is 1.32 bits per heavy atom. The van der Waals surface area contributed by atoms with Crippen LogP contribution in [0.2, 0.25) is 0 Å². The number of nitrogens with one attached hydrogen (secondary N) is 1. The average molecular weight is 458 g/mol. The van der Waals surface area contributed by atoms with Crippen LogP contribution in [0.15, 0.2) is 36.0 Å². The number of anilines is 1. The van der Waals surface area contributed by atoms with Crippen molar-refractivity contribution in [3.63, 3.8) is 0 Å². The van der Waals surface area contributed by atoms with Crippen LogP contribution >= 0.6 is 11.3 Å². The lowest BCUT2D eigenvalue weighted by Gasteiger charge is -2.26. The molecular formula is C19H21F3N4O4S. The summed E-state index contributed by atoms with van der Waals surface area (Å²) in [6, 6.07) is 5.85. The van der Waals surface area contributed by atoms with Gasteiger partial charge in [0.05, 0.1) is 19.8 Å². The SMILES string of the molecule is O=C(C[C@]12COC[C@H]1CN(c1ncccn1)C2)NCc1cccs1.O=C(O)C(F)(F)F. The van der Waals surface area contributed by atoms with E-state index in [1.807, 2.05) is 23.6 Å². The Labute approximate surface area is 180 Å². The molecule has 4 heterocycles. The summed E-state index contributed by atoms with van der Waals surface area (Å²) >= 11 is 1.66. The number of ether oxygens (including phenoxy) is 1. The summed E-state index contributed by atoms with van der Waals surface area (Å²) in [5.74, 6) is -1.57. The summed E-state index contributed by atoms with van der Waals surface area (Å²) in [5, 5.41) is 12.2. The largest absolute Gasteiger partial charge is 0.490 e. The van der Waals surface area contributed by atoms with E-state index in [1.54, 1.807) is 23.7 Å². The molecule has 0 spiro atoms. The number of carbonyl (C=O) groups is 2. The lowest BCUT2D eigenvalue weighted by molar-refractivity contribution is -0.192. The van der Waals surface area contributed by atoms with Gasteiger partial charge in [-0.05, 0) is 17.5 Å². The van der Waals surface area contributed by atoms with Crippen LogP contribution in [0.1, 0.15) is 11.3 Å². The number of carboxylic acids is 1. The van der Waals surface area contributed by atoms with Gasteiger partial charge < -0.3 is 20.1 Å². The van der Waals surface area contributed by atoms with E-state index < -0.39 is 12.1 Å². The second kappa shape index (κ2) is 9.60. The summed E-state index contributed by atoms with van der Waals surface area (Å²) in [7, 11) is 0. The van der Waals surface area contributed by atoms with Gasteiger partial charge in [-0.3, -0.25) is 4.79 Å². The van der Waals surface area contributed by atoms with Gasteiger partial charge in [0.25, 0.3) is 0 Å². The zero-order chi connectivity index (χ0) is 22.5. The van der Waals surface area contributed by atoms with Crippen LogP contribution in [0.25, 0.3) is 0 Å². The highest BCUT2D eigenvalue weighted by molar-refractivity contribution is 7.09. The Bertz CT molecular complexity index is 882. The lowest BCUT2D eigenvalue weighted by Crippen LogP contribution is -2.37. The number of amides is 1. The van der Waals surface area contributed by atoms with E-state index in [1.165, 1.54) is 4.88 Å². The molecular weight excluding hydrogens is 437 g/mol. The van der Waals surface area contributed by atoms with Crippen LogP contribution in [-0.4, -0.2) is 59.4 Å². The Hall–Kier alpha value is -2.73. The second-order valence-electron chi connectivity index (χ2n) is 7.34. The van der Waals surface area contributed by atoms with Crippen LogP contribution in [0, 0.1) is 11.3 Å². The summed E-state index contributed by atoms with van der Waals surface area (Å²) < 4.78 is 37.4. The van der Waals surface area contributed by atoms with Crippen molar-refractivity contribution in [2.24, 2.45) is 11.3 Å². The predicted molar refractivity (Wildman–Crippen MR) is 105 cm³/mol. The third-order valence-corrected chi connectivity index (χ3v) is 6.03. The zero-order valence-corrected chi connectivity index (χ0v) is 17.2. The van der Waals surface area contributed by atoms with E-state index in [4.69, 9.17) is 14.6 Å². The molecule has 31 heavy (non-hydrogen) atoms. The van der Waals surface area contributed by atoms with Crippen LogP contribution in [0.3, 0.4) is 0 Å². The first kappa shape index (κ1) is 22.9. The number of aromatic nitrogens is 2. The summed E-state index contributed by atoms with van der Waals surface area (Å²) in [4.78, 5) is 33.4. The standard InChI is InChI=1S/C17H20N4O2S.C2HF3O2/c22-15(20-8-14-3-1-6-24-14)7-17-11-21(9-13(17)10-23-12-17)16-18-4-2-5-19-16;3-2(4,5)1(6)7/h1-6,13H,7-12H2,(H,20,22);(H,6,7)/t13-,17+;/m1./s1. The summed E-state index contributed by atoms with van der Waals surface area (Å²) in [5.41, 5.74) is -0.126. The number of halogens is 3. The number of hydrogen-bond donors (Lipinski definition) is 2. The van der Waals surface area contributed by atoms with Crippen molar-refractivity contribution in [2.75, 3.05) is 31.2 Å². The van der Waals surface area contributed by atoms with Gasteiger partial charge in [-0.15, -0.1) is 11.3 Å². The molecule has 1 amide bonds. The van der Waals surface area contributed by atoms with Gasteiger partial charge in [-0.25, -0.2) is 14.8 Å². The molecule has 168 valence electrons. The third kappa shape index (κ3) is 5.91. The third-order valence-electron chi connectivity index (χ3n) is 5.15. The number of aliphatic carboxylic acids is 1. The molecule has 0 unspecified atom stereocenters. The number of rotatable bonds is 5. The average Bonchev–Trinajstić information content (AvgIpc) is 3.43. The van der Waals surface area contributed by atoms with Crippen LogP contribution in [0.5, 0.6) is 0 Å². The topological polar surface area (TPSA) is 105 Å². The molecule has 2 aliphatic heterocycles. The van der Waals surface area contributed by atoms with E-state index >= 15 is 0 Å². The molecule has 0 aliphatic carbocycles. The molecule has 2 aromatic rings. The maximum absolute atomic E-state index is 12.5. The van der Waals surface area contributed by atoms with Gasteiger partial charge in [0.2, 0.25) is 11.9 Å². The number of hydrogen-bond acceptors (Lipinski definition) is 7. The van der Waals surface area contributed by atoms with Crippen molar-refractivity contribution in [3.8, 4) is 0 Å². The van der Waals surface area contributed by atoms with Gasteiger partial charge in [0.1, 0.15) is 0 Å². The van der Waals surface area contributed by atoms with Gasteiger partial charge in [-0.2, -0.15) is 13.2 Å². The van der Waals surface area contributed by atoms with Gasteiger partial charge in [0.15, 0.2) is 0 Å². The Balaban J connectivity index is 0.000000339. The normalized spacial score (nSPS) is 22.4. The van der Waals surface area contributed by atoms with E-state index in [-0.39, 0.29) is 11.3 Å². The first-order chi connectivity index (χ1) is 14.7. The van der Waals surface area contributed by atoms with E-state index in [0.717, 1.165) is 19.0 Å². The minimum absolute atomic E-state index is 0.0923. The second-order valence-corrected chi connectivity index (χ2v) is 8.37. The van der Waals surface area contributed by atoms with Crippen molar-refractivity contribution in [1.29, 1.82) is 0 Å². The molecule has 0 bridgehead atoms. The molecule has 2 aliphatic rings. The van der Waals surface area contributed by atoms with Crippen LogP contribution in [0.4, 0.5) is 19.1 Å². The molecule has 2 N–H and O–H groups in total. The molecule has 2 aromatic heterocycles. The fraction of sp³-hybridized carbons (Fsp3) is 0.474. The molecule has 2 fully saturated rings. The van der Waals surface area contributed by atoms with Crippen LogP contribution in [-0.2, 0) is 20.9 Å². The van der Waals surface area contributed by atoms with Crippen molar-refractivity contribution in [1.82, 2.24) is 15.3 Å². The number of nitrogens with zero attached hydrogens (tertiary/aromatic N) is 3. The number of carbonyl (C=O) groups excluding carboxylic acids is 1. The number of thiophene rings is 1. The number of alkyl halides is 3. The highest BCUT2D eigenvalue weighted by atomic mass is 32.1. The monoisotopic (exact) mass is 458 g/mol. The first-order valence-electron chi connectivity index (χ1n) is 9.38. The smallest absolute Gasteiger partial charge is 0.475 e. The molecule has 0 saturated carbocycles. The van der Waals surface area contributed by atoms with E-state index in [0.29, 0.717) is 32.1 Å². The van der Waals surface area contributed by atoms with Gasteiger partial charge >= 0.3 is 12.1 Å². The van der Waals surface area contributed by atoms with E-state index in [2.05, 4.69) is 20.2 Å². The van der Waals surface area contributed by atoms with Crippen molar-refractivity contribution >= 4 is 29.2 Å². The maximum atomic E-state index is 12.5. The van der Waals surface area contributed by atoms with Crippen LogP contribution < -0.4 is 10.2 Å². The minimum atomic E-state index is -5.08. The fourth-order valence-corrected chi connectivity index (χ4v) is 4.31. The highest BCUT2D eigenvalue weighted by Crippen LogP contribution is 2.44. The summed E-state index contributed by atoms with van der Waals surface area (Å²) in [6.07, 6.45) is -1.08. The molecule has 0 aromatic carbocycles. The molecule has 12 heteroatoms. The molecule has 2 atom stereocenters. The lowest BCUT2D eigenvalue weighted by atomic mass is 9.78. The molecule has 4 rings (SSSR count). The number of carboxylic acid groups (broad SMARTS) is 1. The Morgan fingerprint density at radius 2 is 2.03 bits per heavy atom. The Kier molecular flexibility index (Phi) is 7.11. The van der Waals surface area contributed by atoms with Crippen molar-refractivity contribution in [2.45, 2.75) is 19.1 Å². The molecule has 8 nitrogen and oxygen atoms in total. The highest BCUT2D eigenvalue weighted by Gasteiger charge is 2.52. The summed E-state index contributed by atoms with van der Waals surface area (Å²) in [6.45, 7) is 3.56. The Morgan fingerprint density at radius 3 is 2.65 bits per heavy atom. The zero-order valence-electron chi connectivity index (χ0n) is 16.3. The molecule has 2 saturated heterocycles. The predicted octanol–water partition coefficient (Wildman–Crippen LogP) is 2.33. The minimum Gasteiger partial charge on any atom is -0.475 e. The van der Waals surface area contributed by atoms with E-state index in [9.17, 15) is 18.0 Å². The van der Waals surface area contributed by atoms with Crippen molar-refractivity contribution in [3.05, 3.63) is 40.8 Å². The fourth-order valence-electron chi connectivity index (χ4n) is 3.67. The number of fused-ring (bicyclic) bond motifs is 1. The quantitative estimate of drug-likeness (QED) is 0.709.